The predicted molar refractivity (Wildman–Crippen MR) is 225 cm³/mol. The molecule has 19 heteroatoms. The molecule has 320 valence electrons. The number of imide groups is 1. The number of aliphatic hydroxyl groups excluding tert-OH is 1. The smallest absolute Gasteiger partial charge is 0.265 e. The number of anilines is 4. The van der Waals surface area contributed by atoms with Crippen molar-refractivity contribution >= 4 is 72.1 Å². The summed E-state index contributed by atoms with van der Waals surface area (Å²) in [5.74, 6) is -1.67. The molecule has 0 bridgehead atoms. The van der Waals surface area contributed by atoms with Gasteiger partial charge in [-0.2, -0.15) is 4.98 Å². The summed E-state index contributed by atoms with van der Waals surface area (Å²) in [6.45, 7) is 6.85. The maximum atomic E-state index is 14.2. The highest BCUT2D eigenvalue weighted by molar-refractivity contribution is 7.92. The van der Waals surface area contributed by atoms with Crippen LogP contribution in [0.15, 0.2) is 64.5 Å². The van der Waals surface area contributed by atoms with Crippen LogP contribution in [0.4, 0.5) is 23.1 Å². The first-order chi connectivity index (χ1) is 28.4. The number of halogens is 1. The zero-order valence-electron chi connectivity index (χ0n) is 33.5. The number of unbranched alkanes of at least 4 members (excludes halogenated alkanes) is 2. The molecule has 2 aliphatic heterocycles. The van der Waals surface area contributed by atoms with Gasteiger partial charge in [0.1, 0.15) is 16.5 Å². The molecule has 0 saturated carbocycles. The number of amides is 3. The van der Waals surface area contributed by atoms with E-state index in [9.17, 15) is 36.3 Å². The quantitative estimate of drug-likeness (QED) is 0.0639. The monoisotopic (exact) mass is 882 g/mol. The molecule has 2 unspecified atom stereocenters. The maximum absolute atomic E-state index is 14.2. The number of para-hydroxylation sites is 1. The Kier molecular flexibility index (Phi) is 13.4. The minimum atomic E-state index is -4.12. The second kappa shape index (κ2) is 18.1. The Morgan fingerprint density at radius 2 is 1.72 bits per heavy atom. The molecule has 3 aromatic carbocycles. The number of benzene rings is 3. The molecule has 4 aromatic rings. The predicted octanol–water partition coefficient (Wildman–Crippen LogP) is 5.63. The number of phenols is 1. The molecule has 5 N–H and O–H groups in total. The Hall–Kier alpha value is -5.30. The number of ether oxygens (including phenoxy) is 1. The van der Waals surface area contributed by atoms with Crippen molar-refractivity contribution in [2.75, 3.05) is 29.5 Å². The van der Waals surface area contributed by atoms with Crippen LogP contribution in [0.2, 0.25) is 5.02 Å². The second-order valence-electron chi connectivity index (χ2n) is 15.1. The summed E-state index contributed by atoms with van der Waals surface area (Å²) in [6, 6.07) is 11.4. The van der Waals surface area contributed by atoms with Crippen LogP contribution in [-0.4, -0.2) is 95.9 Å². The number of aliphatic hydroxyl groups is 1. The molecule has 1 saturated heterocycles. The highest BCUT2D eigenvalue weighted by Gasteiger charge is 2.43. The van der Waals surface area contributed by atoms with Gasteiger partial charge in [0, 0.05) is 25.6 Å². The number of aryl methyl sites for hydroxylation is 1. The summed E-state index contributed by atoms with van der Waals surface area (Å²) >= 11 is 6.53. The van der Waals surface area contributed by atoms with Crippen molar-refractivity contribution in [1.82, 2.24) is 20.2 Å². The van der Waals surface area contributed by atoms with Gasteiger partial charge in [-0.1, -0.05) is 30.2 Å². The average molecular weight is 883 g/mol. The zero-order valence-corrected chi connectivity index (χ0v) is 35.9. The van der Waals surface area contributed by atoms with Gasteiger partial charge in [-0.25, -0.2) is 21.8 Å². The van der Waals surface area contributed by atoms with E-state index < -0.39 is 48.5 Å². The minimum absolute atomic E-state index is 0.00840. The van der Waals surface area contributed by atoms with Crippen LogP contribution in [0.25, 0.3) is 0 Å². The number of nitrogens with zero attached hydrogens (tertiary/aromatic N) is 3. The van der Waals surface area contributed by atoms with Gasteiger partial charge in [-0.3, -0.25) is 19.3 Å². The number of piperidine rings is 1. The number of hydrogen-bond acceptors (Lipinski definition) is 14. The van der Waals surface area contributed by atoms with E-state index >= 15 is 0 Å². The summed E-state index contributed by atoms with van der Waals surface area (Å²) in [6.07, 6.45) is 2.80. The number of aromatic hydroxyl groups is 1. The summed E-state index contributed by atoms with van der Waals surface area (Å²) in [7, 11) is -7.79. The van der Waals surface area contributed by atoms with Gasteiger partial charge in [0.2, 0.25) is 11.9 Å². The van der Waals surface area contributed by atoms with Crippen molar-refractivity contribution < 1.29 is 46.2 Å². The van der Waals surface area contributed by atoms with Gasteiger partial charge < -0.3 is 30.9 Å². The number of hydrogen-bond donors (Lipinski definition) is 5. The molecule has 2 atom stereocenters. The van der Waals surface area contributed by atoms with Crippen molar-refractivity contribution in [2.45, 2.75) is 93.4 Å². The van der Waals surface area contributed by atoms with Crippen LogP contribution in [-0.2, 0) is 30.9 Å². The lowest BCUT2D eigenvalue weighted by Gasteiger charge is -2.29. The van der Waals surface area contributed by atoms with Crippen LogP contribution in [0, 0.1) is 6.92 Å². The van der Waals surface area contributed by atoms with Crippen molar-refractivity contribution in [2.24, 2.45) is 0 Å². The molecule has 3 amide bonds. The summed E-state index contributed by atoms with van der Waals surface area (Å²) < 4.78 is 61.0. The van der Waals surface area contributed by atoms with E-state index in [0.717, 1.165) is 4.90 Å². The summed E-state index contributed by atoms with van der Waals surface area (Å²) in [5, 5.41) is 27.7. The first-order valence-electron chi connectivity index (χ1n) is 19.5. The molecule has 1 fully saturated rings. The Bertz CT molecular complexity index is 2540. The van der Waals surface area contributed by atoms with Crippen molar-refractivity contribution in [3.05, 3.63) is 82.0 Å². The van der Waals surface area contributed by atoms with Gasteiger partial charge in [-0.05, 0) is 94.8 Å². The number of fused-ring (bicyclic) bond motifs is 1. The lowest BCUT2D eigenvalue weighted by Crippen LogP contribution is -2.50. The molecule has 3 heterocycles. The minimum Gasteiger partial charge on any atom is -0.507 e. The molecular weight excluding hydrogens is 836 g/mol. The number of phenolic OH excluding ortho intramolecular Hbond substituents is 1. The lowest BCUT2D eigenvalue weighted by molar-refractivity contribution is -0.123. The van der Waals surface area contributed by atoms with Crippen molar-refractivity contribution in [1.29, 1.82) is 0 Å². The largest absolute Gasteiger partial charge is 0.507 e. The normalized spacial score (nSPS) is 16.1. The number of carbonyl (C=O) groups is 3. The molecule has 0 spiro atoms. The molecule has 16 nitrogen and oxygen atoms in total. The molecular formula is C41H47ClN6O10S2. The van der Waals surface area contributed by atoms with E-state index in [0.29, 0.717) is 36.1 Å². The zero-order chi connectivity index (χ0) is 43.5. The van der Waals surface area contributed by atoms with Crippen LogP contribution < -0.4 is 20.7 Å². The third-order valence-corrected chi connectivity index (χ3v) is 14.6. The average Bonchev–Trinajstić information content (AvgIpc) is 3.44. The molecule has 60 heavy (non-hydrogen) atoms. The van der Waals surface area contributed by atoms with Crippen LogP contribution in [0.3, 0.4) is 0 Å². The second-order valence-corrected chi connectivity index (χ2v) is 19.9. The third-order valence-electron chi connectivity index (χ3n) is 10.2. The van der Waals surface area contributed by atoms with Gasteiger partial charge in [-0.15, -0.1) is 0 Å². The Morgan fingerprint density at radius 1 is 0.967 bits per heavy atom. The number of rotatable bonds is 17. The topological polar surface area (TPSA) is 234 Å². The third kappa shape index (κ3) is 9.51. The number of carbonyl (C=O) groups excluding carboxylic acids is 3. The summed E-state index contributed by atoms with van der Waals surface area (Å²) in [5.41, 5.74) is 1.12. The lowest BCUT2D eigenvalue weighted by atomic mass is 10.0. The molecule has 0 aliphatic carbocycles. The Labute approximate surface area is 353 Å². The van der Waals surface area contributed by atoms with E-state index in [-0.39, 0.29) is 99.3 Å². The van der Waals surface area contributed by atoms with E-state index in [1.54, 1.807) is 45.0 Å². The fraction of sp³-hybridized carbons (Fsp3) is 0.390. The SMILES string of the molecule is Cc1cc(Nc2ncc(Cl)c(Nc3ccccc3S(=O)(=O)C(C)Cc3cc(O)c4c(c3)C(=O)N(C3CCC(=O)NC3)C4=O)n2)c(OC(C)C)cc1S(=O)(=O)CCCCCO. The van der Waals surface area contributed by atoms with Crippen LogP contribution in [0.5, 0.6) is 11.5 Å². The fourth-order valence-corrected chi connectivity index (χ4v) is 10.5. The molecule has 0 radical (unpaired) electrons. The molecule has 6 rings (SSSR count). The van der Waals surface area contributed by atoms with Crippen molar-refractivity contribution in [3.63, 3.8) is 0 Å². The highest BCUT2D eigenvalue weighted by atomic mass is 35.5. The van der Waals surface area contributed by atoms with E-state index in [1.165, 1.54) is 37.4 Å². The van der Waals surface area contributed by atoms with Crippen LogP contribution >= 0.6 is 11.6 Å². The first-order valence-corrected chi connectivity index (χ1v) is 23.0. The van der Waals surface area contributed by atoms with Crippen LogP contribution in [0.1, 0.15) is 84.7 Å². The standard InChI is InChI=1S/C41H47ClN6O10S2/c1-23(2)58-33-20-35(59(54,55)15-9-5-8-14-49)24(3)16-31(33)46-41-44-22-29(42)38(47-41)45-30-10-6-7-11-34(30)60(56,57)25(4)17-26-18-28-37(32(50)19-26)40(53)48(39(28)52)27-12-13-36(51)43-21-27/h6-7,10-11,16,18-20,22-23,25,27,49-50H,5,8-9,12-15,17,21H2,1-4H3,(H,43,51)(H2,44,45,46,47). The van der Waals surface area contributed by atoms with Gasteiger partial charge in [0.05, 0.1) is 61.6 Å². The Morgan fingerprint density at radius 3 is 2.42 bits per heavy atom. The highest BCUT2D eigenvalue weighted by Crippen LogP contribution is 2.38. The number of aromatic nitrogens is 2. The Balaban J connectivity index is 1.22. The maximum Gasteiger partial charge on any atom is 0.265 e. The van der Waals surface area contributed by atoms with Gasteiger partial charge >= 0.3 is 0 Å². The number of sulfone groups is 2. The van der Waals surface area contributed by atoms with E-state index in [4.69, 9.17) is 21.4 Å². The molecule has 1 aromatic heterocycles. The number of nitrogens with one attached hydrogen (secondary N) is 3. The molecule has 2 aliphatic rings. The summed E-state index contributed by atoms with van der Waals surface area (Å²) in [4.78, 5) is 48.2. The van der Waals surface area contributed by atoms with E-state index in [1.807, 2.05) is 0 Å². The fourth-order valence-electron chi connectivity index (χ4n) is 7.19. The van der Waals surface area contributed by atoms with Gasteiger partial charge in [0.15, 0.2) is 25.5 Å². The van der Waals surface area contributed by atoms with Gasteiger partial charge in [0.25, 0.3) is 11.8 Å². The van der Waals surface area contributed by atoms with Crippen molar-refractivity contribution in [3.8, 4) is 11.5 Å². The van der Waals surface area contributed by atoms with E-state index in [2.05, 4.69) is 25.9 Å². The first kappa shape index (κ1) is 44.3.